The zero-order valence-electron chi connectivity index (χ0n) is 9.86. The Balaban J connectivity index is 2.20. The van der Waals surface area contributed by atoms with E-state index in [2.05, 4.69) is 24.3 Å². The minimum Gasteiger partial charge on any atom is -0.328 e. The summed E-state index contributed by atoms with van der Waals surface area (Å²) in [6.45, 7) is 2.02. The molecule has 0 heterocycles. The van der Waals surface area contributed by atoms with Crippen molar-refractivity contribution in [3.63, 3.8) is 0 Å². The van der Waals surface area contributed by atoms with Gasteiger partial charge in [-0.05, 0) is 42.2 Å². The fourth-order valence-electron chi connectivity index (χ4n) is 1.85. The topological polar surface area (TPSA) is 26.0 Å². The molecule has 2 heteroatoms. The third kappa shape index (κ3) is 3.32. The van der Waals surface area contributed by atoms with Crippen molar-refractivity contribution in [3.05, 3.63) is 59.1 Å². The maximum absolute atomic E-state index is 5.87. The quantitative estimate of drug-likeness (QED) is 0.872. The number of rotatable bonds is 3. The predicted octanol–water partition coefficient (Wildman–Crippen LogP) is 3.90. The lowest BCUT2D eigenvalue weighted by Crippen LogP contribution is -2.17. The van der Waals surface area contributed by atoms with E-state index >= 15 is 0 Å². The molecule has 0 spiro atoms. The highest BCUT2D eigenvalue weighted by Crippen LogP contribution is 2.22. The third-order valence-corrected chi connectivity index (χ3v) is 2.94. The third-order valence-electron chi connectivity index (χ3n) is 2.69. The summed E-state index contributed by atoms with van der Waals surface area (Å²) in [5, 5.41) is 0.766. The first kappa shape index (κ1) is 12.2. The molecule has 88 valence electrons. The molecule has 2 aromatic rings. The number of nitrogens with two attached hydrogens (primary N) is 1. The van der Waals surface area contributed by atoms with Crippen LogP contribution in [0.25, 0.3) is 11.1 Å². The second-order valence-corrected chi connectivity index (χ2v) is 4.82. The van der Waals surface area contributed by atoms with Gasteiger partial charge in [0.2, 0.25) is 0 Å². The molecule has 0 bridgehead atoms. The van der Waals surface area contributed by atoms with Gasteiger partial charge in [0.1, 0.15) is 0 Å². The fourth-order valence-corrected chi connectivity index (χ4v) is 1.97. The first-order chi connectivity index (χ1) is 8.15. The highest BCUT2D eigenvalue weighted by molar-refractivity contribution is 6.30. The lowest BCUT2D eigenvalue weighted by atomic mass is 10.0. The Morgan fingerprint density at radius 2 is 1.41 bits per heavy atom. The van der Waals surface area contributed by atoms with Gasteiger partial charge in [-0.3, -0.25) is 0 Å². The van der Waals surface area contributed by atoms with Gasteiger partial charge in [0.05, 0.1) is 0 Å². The van der Waals surface area contributed by atoms with Crippen LogP contribution in [0.4, 0.5) is 0 Å². The smallest absolute Gasteiger partial charge is 0.0406 e. The van der Waals surface area contributed by atoms with Gasteiger partial charge in [-0.25, -0.2) is 0 Å². The molecule has 0 aromatic heterocycles. The van der Waals surface area contributed by atoms with E-state index in [1.54, 1.807) is 0 Å². The molecular formula is C15H16ClN. The molecule has 0 unspecified atom stereocenters. The summed E-state index contributed by atoms with van der Waals surface area (Å²) >= 11 is 5.87. The maximum Gasteiger partial charge on any atom is 0.0406 e. The van der Waals surface area contributed by atoms with Crippen LogP contribution in [0.2, 0.25) is 5.02 Å². The summed E-state index contributed by atoms with van der Waals surface area (Å²) in [7, 11) is 0. The van der Waals surface area contributed by atoms with E-state index in [1.807, 2.05) is 31.2 Å². The van der Waals surface area contributed by atoms with Crippen LogP contribution in [-0.4, -0.2) is 6.04 Å². The zero-order valence-corrected chi connectivity index (χ0v) is 10.6. The average Bonchev–Trinajstić information content (AvgIpc) is 2.30. The Labute approximate surface area is 107 Å². The first-order valence-corrected chi connectivity index (χ1v) is 6.13. The van der Waals surface area contributed by atoms with Gasteiger partial charge >= 0.3 is 0 Å². The lowest BCUT2D eigenvalue weighted by Gasteiger charge is -2.07. The van der Waals surface area contributed by atoms with Crippen LogP contribution in [0.5, 0.6) is 0 Å². The molecule has 2 rings (SSSR count). The average molecular weight is 246 g/mol. The van der Waals surface area contributed by atoms with Gasteiger partial charge in [-0.2, -0.15) is 0 Å². The Hall–Kier alpha value is -1.31. The SMILES string of the molecule is C[C@H](N)Cc1ccc(-c2ccc(Cl)cc2)cc1. The normalized spacial score (nSPS) is 12.4. The predicted molar refractivity (Wildman–Crippen MR) is 74.2 cm³/mol. The maximum atomic E-state index is 5.87. The van der Waals surface area contributed by atoms with Crippen molar-refractivity contribution in [1.82, 2.24) is 0 Å². The van der Waals surface area contributed by atoms with Crippen LogP contribution < -0.4 is 5.73 Å². The minimum atomic E-state index is 0.205. The summed E-state index contributed by atoms with van der Waals surface area (Å²) in [6, 6.07) is 16.6. The molecule has 0 amide bonds. The van der Waals surface area contributed by atoms with Crippen molar-refractivity contribution in [2.45, 2.75) is 19.4 Å². The number of hydrogen-bond donors (Lipinski definition) is 1. The summed E-state index contributed by atoms with van der Waals surface area (Å²) in [5.74, 6) is 0. The van der Waals surface area contributed by atoms with E-state index in [1.165, 1.54) is 16.7 Å². The van der Waals surface area contributed by atoms with Crippen LogP contribution in [0, 0.1) is 0 Å². The molecule has 1 nitrogen and oxygen atoms in total. The molecule has 0 aliphatic carbocycles. The summed E-state index contributed by atoms with van der Waals surface area (Å²) in [6.07, 6.45) is 0.918. The number of hydrogen-bond acceptors (Lipinski definition) is 1. The Kier molecular flexibility index (Phi) is 3.82. The van der Waals surface area contributed by atoms with Crippen LogP contribution in [0.15, 0.2) is 48.5 Å². The molecular weight excluding hydrogens is 230 g/mol. The fraction of sp³-hybridized carbons (Fsp3) is 0.200. The molecule has 2 aromatic carbocycles. The van der Waals surface area contributed by atoms with Gasteiger partial charge in [0, 0.05) is 11.1 Å². The van der Waals surface area contributed by atoms with E-state index in [4.69, 9.17) is 17.3 Å². The van der Waals surface area contributed by atoms with E-state index in [0.29, 0.717) is 0 Å². The van der Waals surface area contributed by atoms with Crippen molar-refractivity contribution in [3.8, 4) is 11.1 Å². The lowest BCUT2D eigenvalue weighted by molar-refractivity contribution is 0.738. The molecule has 17 heavy (non-hydrogen) atoms. The van der Waals surface area contributed by atoms with Crippen molar-refractivity contribution in [1.29, 1.82) is 0 Å². The van der Waals surface area contributed by atoms with Crippen molar-refractivity contribution >= 4 is 11.6 Å². The van der Waals surface area contributed by atoms with Crippen molar-refractivity contribution in [2.75, 3.05) is 0 Å². The molecule has 0 aliphatic heterocycles. The van der Waals surface area contributed by atoms with Crippen LogP contribution in [0.3, 0.4) is 0 Å². The second-order valence-electron chi connectivity index (χ2n) is 4.39. The van der Waals surface area contributed by atoms with Gasteiger partial charge in [-0.1, -0.05) is 48.0 Å². The highest BCUT2D eigenvalue weighted by atomic mass is 35.5. The molecule has 1 atom stereocenters. The first-order valence-electron chi connectivity index (χ1n) is 5.75. The second kappa shape index (κ2) is 5.35. The van der Waals surface area contributed by atoms with Gasteiger partial charge in [0.15, 0.2) is 0 Å². The van der Waals surface area contributed by atoms with Crippen LogP contribution in [-0.2, 0) is 6.42 Å². The largest absolute Gasteiger partial charge is 0.328 e. The van der Waals surface area contributed by atoms with E-state index in [-0.39, 0.29) is 6.04 Å². The molecule has 0 radical (unpaired) electrons. The van der Waals surface area contributed by atoms with Gasteiger partial charge in [0.25, 0.3) is 0 Å². The van der Waals surface area contributed by atoms with Crippen molar-refractivity contribution in [2.24, 2.45) is 5.73 Å². The minimum absolute atomic E-state index is 0.205. The molecule has 0 aliphatic rings. The summed E-state index contributed by atoms with van der Waals surface area (Å²) in [5.41, 5.74) is 9.44. The van der Waals surface area contributed by atoms with Crippen LogP contribution in [0.1, 0.15) is 12.5 Å². The Bertz CT molecular complexity index is 471. The highest BCUT2D eigenvalue weighted by Gasteiger charge is 2.00. The van der Waals surface area contributed by atoms with E-state index in [9.17, 15) is 0 Å². The van der Waals surface area contributed by atoms with Gasteiger partial charge < -0.3 is 5.73 Å². The van der Waals surface area contributed by atoms with E-state index in [0.717, 1.165) is 11.4 Å². The van der Waals surface area contributed by atoms with Crippen molar-refractivity contribution < 1.29 is 0 Å². The zero-order chi connectivity index (χ0) is 12.3. The summed E-state index contributed by atoms with van der Waals surface area (Å²) < 4.78 is 0. The molecule has 0 saturated carbocycles. The monoisotopic (exact) mass is 245 g/mol. The van der Waals surface area contributed by atoms with Gasteiger partial charge in [-0.15, -0.1) is 0 Å². The number of halogens is 1. The molecule has 2 N–H and O–H groups in total. The summed E-state index contributed by atoms with van der Waals surface area (Å²) in [4.78, 5) is 0. The Morgan fingerprint density at radius 1 is 0.941 bits per heavy atom. The molecule has 0 saturated heterocycles. The van der Waals surface area contributed by atoms with E-state index < -0.39 is 0 Å². The Morgan fingerprint density at radius 3 is 1.88 bits per heavy atom. The number of benzene rings is 2. The van der Waals surface area contributed by atoms with Crippen LogP contribution >= 0.6 is 11.6 Å². The molecule has 0 fully saturated rings. The standard InChI is InChI=1S/C15H16ClN/c1-11(17)10-12-2-4-13(5-3-12)14-6-8-15(16)9-7-14/h2-9,11H,10,17H2,1H3/t11-/m0/s1.